The molecule has 270 valence electrons. The van der Waals surface area contributed by atoms with E-state index < -0.39 is 0 Å². The Bertz CT molecular complexity index is 2900. The van der Waals surface area contributed by atoms with Crippen LogP contribution in [0.1, 0.15) is 46.4 Å². The van der Waals surface area contributed by atoms with Crippen LogP contribution in [-0.2, 0) is 6.54 Å². The van der Waals surface area contributed by atoms with Crippen molar-refractivity contribution in [3.8, 4) is 11.4 Å². The third-order valence-corrected chi connectivity index (χ3v) is 11.9. The molecule has 7 aromatic carbocycles. The Kier molecular flexibility index (Phi) is 7.46. The van der Waals surface area contributed by atoms with Crippen molar-refractivity contribution in [1.82, 2.24) is 18.6 Å². The Hall–Kier alpha value is -6.92. The van der Waals surface area contributed by atoms with Crippen molar-refractivity contribution in [2.75, 3.05) is 6.54 Å². The highest BCUT2D eigenvalue weighted by Gasteiger charge is 2.34. The number of hydrogen-bond donors (Lipinski definition) is 0. The number of benzene rings is 7. The first kappa shape index (κ1) is 32.5. The lowest BCUT2D eigenvalue weighted by Crippen LogP contribution is -2.30. The maximum atomic E-state index is 12.9. The lowest BCUT2D eigenvalue weighted by atomic mass is 10.1. The average Bonchev–Trinajstić information content (AvgIpc) is 3.94. The second-order valence-corrected chi connectivity index (χ2v) is 15.0. The molecule has 0 N–H and O–H groups in total. The molecule has 1 aliphatic heterocycles. The number of carbonyl (C=O) groups excluding carboxylic acids is 2. The van der Waals surface area contributed by atoms with Gasteiger partial charge >= 0.3 is 0 Å². The molecule has 2 amide bonds. The number of nitrogens with zero attached hydrogens (tertiary/aromatic N) is 4. The largest absolute Gasteiger partial charge is 0.340 e. The van der Waals surface area contributed by atoms with Crippen LogP contribution in [0.2, 0.25) is 0 Å². The predicted molar refractivity (Wildman–Crippen MR) is 228 cm³/mol. The molecule has 6 nitrogen and oxygen atoms in total. The van der Waals surface area contributed by atoms with Gasteiger partial charge < -0.3 is 13.7 Å². The number of aromatic nitrogens is 3. The number of hydrogen-bond acceptors (Lipinski definition) is 2. The van der Waals surface area contributed by atoms with Gasteiger partial charge in [0.2, 0.25) is 0 Å². The second kappa shape index (κ2) is 12.8. The van der Waals surface area contributed by atoms with Gasteiger partial charge in [-0.25, -0.2) is 0 Å². The Labute approximate surface area is 323 Å². The zero-order valence-corrected chi connectivity index (χ0v) is 30.9. The molecule has 3 aromatic heterocycles. The van der Waals surface area contributed by atoms with E-state index in [0.717, 1.165) is 43.6 Å². The zero-order valence-electron chi connectivity index (χ0n) is 30.9. The van der Waals surface area contributed by atoms with Crippen LogP contribution in [0.5, 0.6) is 0 Å². The smallest absolute Gasteiger partial charge is 0.261 e. The standard InChI is InChI=1S/C50H38N4O2/c55-49-39-19-3-4-20-40(39)50(56)52(49)30-14-2-1-13-29-51-43-27-25-33(53-45-21-9-5-15-35(45)36-16-6-10-22-46(36)53)31-41(43)42-32-34(26-28-44(42)51)54-47-23-11-7-17-37(47)38-18-8-12-24-48(38)54/h3-12,15-28,31-32H,1-2,13-14,29-30H2. The van der Waals surface area contributed by atoms with Crippen molar-refractivity contribution >= 4 is 77.2 Å². The molecule has 11 rings (SSSR count). The monoisotopic (exact) mass is 726 g/mol. The summed E-state index contributed by atoms with van der Waals surface area (Å²) in [6.07, 6.45) is 3.73. The van der Waals surface area contributed by atoms with Gasteiger partial charge in [-0.3, -0.25) is 14.5 Å². The summed E-state index contributed by atoms with van der Waals surface area (Å²) in [6.45, 7) is 1.33. The molecule has 0 aliphatic carbocycles. The van der Waals surface area contributed by atoms with Gasteiger partial charge in [-0.1, -0.05) is 97.8 Å². The van der Waals surface area contributed by atoms with Gasteiger partial charge in [0, 0.05) is 67.8 Å². The van der Waals surface area contributed by atoms with Crippen LogP contribution >= 0.6 is 0 Å². The number of carbonyl (C=O) groups is 2. The normalized spacial score (nSPS) is 13.1. The van der Waals surface area contributed by atoms with Crippen LogP contribution in [0.15, 0.2) is 158 Å². The molecule has 0 radical (unpaired) electrons. The molecule has 6 heteroatoms. The SMILES string of the molecule is O=C1c2ccccc2C(=O)N1CCCCCCn1c2ccc(-n3c4ccccc4c4ccccc43)cc2c2cc(-n3c4ccccc4c4ccccc43)ccc21. The summed E-state index contributed by atoms with van der Waals surface area (Å²) < 4.78 is 7.29. The fraction of sp³-hybridized carbons (Fsp3) is 0.120. The van der Waals surface area contributed by atoms with Crippen LogP contribution in [0, 0.1) is 0 Å². The molecule has 4 heterocycles. The molecule has 10 aromatic rings. The first-order valence-electron chi connectivity index (χ1n) is 19.6. The molecule has 0 fully saturated rings. The molecule has 1 aliphatic rings. The summed E-state index contributed by atoms with van der Waals surface area (Å²) >= 11 is 0. The van der Waals surface area contributed by atoms with Crippen molar-refractivity contribution in [3.63, 3.8) is 0 Å². The van der Waals surface area contributed by atoms with Crippen molar-refractivity contribution < 1.29 is 9.59 Å². The summed E-state index contributed by atoms with van der Waals surface area (Å²) in [7, 11) is 0. The third-order valence-electron chi connectivity index (χ3n) is 11.9. The number of unbranched alkanes of at least 4 members (excludes halogenated alkanes) is 3. The first-order valence-corrected chi connectivity index (χ1v) is 19.6. The van der Waals surface area contributed by atoms with E-state index in [1.165, 1.54) is 70.3 Å². The molecule has 56 heavy (non-hydrogen) atoms. The van der Waals surface area contributed by atoms with Crippen LogP contribution in [0.25, 0.3) is 76.8 Å². The first-order chi connectivity index (χ1) is 27.7. The third kappa shape index (κ3) is 4.88. The Morgan fingerprint density at radius 1 is 0.339 bits per heavy atom. The molecular weight excluding hydrogens is 689 g/mol. The Balaban J connectivity index is 0.974. The number of rotatable bonds is 9. The van der Waals surface area contributed by atoms with Crippen LogP contribution in [0.4, 0.5) is 0 Å². The molecule has 0 saturated carbocycles. The summed E-state index contributed by atoms with van der Waals surface area (Å²) in [5, 5.41) is 7.47. The van der Waals surface area contributed by atoms with Gasteiger partial charge in [0.25, 0.3) is 11.8 Å². The van der Waals surface area contributed by atoms with E-state index in [0.29, 0.717) is 17.7 Å². The lowest BCUT2D eigenvalue weighted by Gasteiger charge is -2.14. The quantitative estimate of drug-likeness (QED) is 0.110. The van der Waals surface area contributed by atoms with E-state index in [9.17, 15) is 9.59 Å². The van der Waals surface area contributed by atoms with Crippen molar-refractivity contribution in [2.45, 2.75) is 32.2 Å². The number of fused-ring (bicyclic) bond motifs is 10. The second-order valence-electron chi connectivity index (χ2n) is 15.0. The van der Waals surface area contributed by atoms with Gasteiger partial charge in [0.1, 0.15) is 0 Å². The maximum Gasteiger partial charge on any atom is 0.261 e. The Morgan fingerprint density at radius 2 is 0.714 bits per heavy atom. The van der Waals surface area contributed by atoms with E-state index in [-0.39, 0.29) is 11.8 Å². The zero-order chi connectivity index (χ0) is 37.3. The van der Waals surface area contributed by atoms with Gasteiger partial charge in [-0.15, -0.1) is 0 Å². The van der Waals surface area contributed by atoms with Crippen LogP contribution < -0.4 is 0 Å². The van der Waals surface area contributed by atoms with Crippen LogP contribution in [-0.4, -0.2) is 37.0 Å². The van der Waals surface area contributed by atoms with E-state index in [2.05, 4.69) is 147 Å². The van der Waals surface area contributed by atoms with Gasteiger partial charge in [-0.2, -0.15) is 0 Å². The fourth-order valence-corrected chi connectivity index (χ4v) is 9.34. The molecule has 0 unspecified atom stereocenters. The minimum Gasteiger partial charge on any atom is -0.340 e. The Morgan fingerprint density at radius 3 is 1.14 bits per heavy atom. The van der Waals surface area contributed by atoms with Crippen molar-refractivity contribution in [1.29, 1.82) is 0 Å². The highest BCUT2D eigenvalue weighted by molar-refractivity contribution is 6.21. The van der Waals surface area contributed by atoms with E-state index in [1.54, 1.807) is 12.1 Å². The maximum absolute atomic E-state index is 12.9. The lowest BCUT2D eigenvalue weighted by molar-refractivity contribution is 0.0651. The minimum atomic E-state index is -0.170. The summed E-state index contributed by atoms with van der Waals surface area (Å²) in [5.74, 6) is -0.340. The predicted octanol–water partition coefficient (Wildman–Crippen LogP) is 11.8. The van der Waals surface area contributed by atoms with Crippen molar-refractivity contribution in [3.05, 3.63) is 169 Å². The van der Waals surface area contributed by atoms with E-state index in [4.69, 9.17) is 0 Å². The number of aryl methyl sites for hydroxylation is 1. The highest BCUT2D eigenvalue weighted by Crippen LogP contribution is 2.38. The van der Waals surface area contributed by atoms with Crippen LogP contribution in [0.3, 0.4) is 0 Å². The van der Waals surface area contributed by atoms with Gasteiger partial charge in [-0.05, 0) is 85.6 Å². The van der Waals surface area contributed by atoms with E-state index >= 15 is 0 Å². The average molecular weight is 727 g/mol. The molecule has 0 atom stereocenters. The summed E-state index contributed by atoms with van der Waals surface area (Å²) in [4.78, 5) is 27.2. The number of para-hydroxylation sites is 4. The molecule has 0 bridgehead atoms. The van der Waals surface area contributed by atoms with Crippen molar-refractivity contribution in [2.24, 2.45) is 0 Å². The topological polar surface area (TPSA) is 52.2 Å². The van der Waals surface area contributed by atoms with Gasteiger partial charge in [0.15, 0.2) is 0 Å². The highest BCUT2D eigenvalue weighted by atomic mass is 16.2. The minimum absolute atomic E-state index is 0.170. The number of imide groups is 1. The molecule has 0 spiro atoms. The number of amides is 2. The summed E-state index contributed by atoms with van der Waals surface area (Å²) in [6, 6.07) is 55.8. The fourth-order valence-electron chi connectivity index (χ4n) is 9.34. The van der Waals surface area contributed by atoms with Gasteiger partial charge in [0.05, 0.1) is 33.2 Å². The molecule has 0 saturated heterocycles. The summed E-state index contributed by atoms with van der Waals surface area (Å²) in [5.41, 5.74) is 10.6. The van der Waals surface area contributed by atoms with E-state index in [1.807, 2.05) is 12.1 Å². The molecular formula is C50H38N4O2.